The molecule has 0 saturated carbocycles. The predicted octanol–water partition coefficient (Wildman–Crippen LogP) is 5.81. The number of pyridine rings is 1. The van der Waals surface area contributed by atoms with E-state index in [4.69, 9.17) is 4.98 Å². The minimum atomic E-state index is -0.269. The van der Waals surface area contributed by atoms with Gasteiger partial charge in [-0.1, -0.05) is 36.4 Å². The van der Waals surface area contributed by atoms with E-state index < -0.39 is 0 Å². The van der Waals surface area contributed by atoms with Crippen molar-refractivity contribution in [3.63, 3.8) is 0 Å². The fourth-order valence-electron chi connectivity index (χ4n) is 3.34. The first-order valence-electron chi connectivity index (χ1n) is 8.62. The lowest BCUT2D eigenvalue weighted by Crippen LogP contribution is -2.02. The fraction of sp³-hybridized carbons (Fsp3) is 0.136. The Morgan fingerprint density at radius 2 is 1.58 bits per heavy atom. The number of para-hydroxylation sites is 1. The van der Waals surface area contributed by atoms with E-state index in [1.54, 1.807) is 6.07 Å². The molecule has 0 aliphatic rings. The van der Waals surface area contributed by atoms with Crippen LogP contribution in [0.4, 0.5) is 15.9 Å². The number of fused-ring (bicyclic) bond motifs is 1. The molecule has 2 aromatic carbocycles. The van der Waals surface area contributed by atoms with E-state index >= 15 is 0 Å². The number of aromatic nitrogens is 2. The highest BCUT2D eigenvalue weighted by Gasteiger charge is 2.17. The van der Waals surface area contributed by atoms with Crippen LogP contribution in [0, 0.1) is 26.6 Å². The summed E-state index contributed by atoms with van der Waals surface area (Å²) in [4.78, 5) is 4.77. The van der Waals surface area contributed by atoms with Crippen molar-refractivity contribution in [2.75, 3.05) is 5.32 Å². The highest BCUT2D eigenvalue weighted by molar-refractivity contribution is 5.81. The smallest absolute Gasteiger partial charge is 0.143 e. The maximum absolute atomic E-state index is 13.8. The average molecular weight is 345 g/mol. The Labute approximate surface area is 152 Å². The molecular weight excluding hydrogens is 325 g/mol. The molecule has 4 heteroatoms. The quantitative estimate of drug-likeness (QED) is 0.508. The van der Waals surface area contributed by atoms with Crippen LogP contribution in [-0.2, 0) is 0 Å². The van der Waals surface area contributed by atoms with Gasteiger partial charge in [0.15, 0.2) is 0 Å². The normalized spacial score (nSPS) is 11.1. The number of imidazole rings is 1. The van der Waals surface area contributed by atoms with Crippen molar-refractivity contribution in [1.82, 2.24) is 9.38 Å². The zero-order valence-corrected chi connectivity index (χ0v) is 15.0. The zero-order chi connectivity index (χ0) is 18.3. The number of aryl methyl sites for hydroxylation is 3. The molecule has 0 bridgehead atoms. The molecule has 130 valence electrons. The van der Waals surface area contributed by atoms with Crippen molar-refractivity contribution in [3.8, 4) is 11.3 Å². The van der Waals surface area contributed by atoms with E-state index in [1.807, 2.05) is 37.3 Å². The summed E-state index contributed by atoms with van der Waals surface area (Å²) < 4.78 is 15.9. The van der Waals surface area contributed by atoms with E-state index in [0.717, 1.165) is 45.2 Å². The van der Waals surface area contributed by atoms with Crippen molar-refractivity contribution in [3.05, 3.63) is 83.3 Å². The Morgan fingerprint density at radius 3 is 2.31 bits per heavy atom. The van der Waals surface area contributed by atoms with E-state index in [2.05, 4.69) is 35.7 Å². The van der Waals surface area contributed by atoms with Gasteiger partial charge in [-0.2, -0.15) is 0 Å². The van der Waals surface area contributed by atoms with Gasteiger partial charge in [0.25, 0.3) is 0 Å². The maximum Gasteiger partial charge on any atom is 0.143 e. The summed E-state index contributed by atoms with van der Waals surface area (Å²) in [5, 5.41) is 3.57. The Hall–Kier alpha value is -3.14. The minimum absolute atomic E-state index is 0.269. The molecule has 0 aliphatic heterocycles. The first kappa shape index (κ1) is 16.3. The van der Waals surface area contributed by atoms with Gasteiger partial charge in [0, 0.05) is 16.9 Å². The number of halogens is 1. The van der Waals surface area contributed by atoms with Gasteiger partial charge in [0.2, 0.25) is 0 Å². The number of benzene rings is 2. The predicted molar refractivity (Wildman–Crippen MR) is 105 cm³/mol. The molecule has 4 aromatic rings. The summed E-state index contributed by atoms with van der Waals surface area (Å²) in [5.74, 6) is 0.579. The molecule has 1 N–H and O–H groups in total. The van der Waals surface area contributed by atoms with Gasteiger partial charge in [0.05, 0.1) is 0 Å². The molecule has 0 unspecified atom stereocenters. The van der Waals surface area contributed by atoms with Crippen LogP contribution in [0.25, 0.3) is 16.9 Å². The number of hydrogen-bond acceptors (Lipinski definition) is 2. The van der Waals surface area contributed by atoms with E-state index in [-0.39, 0.29) is 5.82 Å². The van der Waals surface area contributed by atoms with Crippen LogP contribution in [0.5, 0.6) is 0 Å². The summed E-state index contributed by atoms with van der Waals surface area (Å²) in [5.41, 5.74) is 6.74. The molecule has 0 aliphatic carbocycles. The van der Waals surface area contributed by atoms with Gasteiger partial charge in [0.1, 0.15) is 23.0 Å². The van der Waals surface area contributed by atoms with Crippen LogP contribution < -0.4 is 5.32 Å². The Bertz CT molecular complexity index is 1090. The molecule has 3 nitrogen and oxygen atoms in total. The van der Waals surface area contributed by atoms with E-state index in [0.29, 0.717) is 0 Å². The molecule has 2 heterocycles. The van der Waals surface area contributed by atoms with Crippen molar-refractivity contribution in [2.45, 2.75) is 20.8 Å². The molecule has 0 atom stereocenters. The van der Waals surface area contributed by atoms with Crippen LogP contribution >= 0.6 is 0 Å². The molecule has 0 amide bonds. The Kier molecular flexibility index (Phi) is 3.96. The number of anilines is 2. The summed E-state index contributed by atoms with van der Waals surface area (Å²) in [6.07, 6.45) is 0. The van der Waals surface area contributed by atoms with Crippen LogP contribution in [-0.4, -0.2) is 9.38 Å². The highest BCUT2D eigenvalue weighted by Crippen LogP contribution is 2.34. The number of rotatable bonds is 3. The fourth-order valence-corrected chi connectivity index (χ4v) is 3.34. The Morgan fingerprint density at radius 1 is 0.885 bits per heavy atom. The topological polar surface area (TPSA) is 29.3 Å². The van der Waals surface area contributed by atoms with Gasteiger partial charge in [-0.15, -0.1) is 0 Å². The third-order valence-electron chi connectivity index (χ3n) is 4.66. The number of hydrogen-bond donors (Lipinski definition) is 1. The lowest BCUT2D eigenvalue weighted by molar-refractivity contribution is 0.628. The summed E-state index contributed by atoms with van der Waals surface area (Å²) in [6, 6.07) is 18.8. The SMILES string of the molecule is Cc1cccc(C)c1Nc1c(-c2cccc(F)c2)nc2cccc(C)n12. The van der Waals surface area contributed by atoms with Gasteiger partial charge >= 0.3 is 0 Å². The van der Waals surface area contributed by atoms with E-state index in [9.17, 15) is 4.39 Å². The molecule has 2 aromatic heterocycles. The van der Waals surface area contributed by atoms with Crippen molar-refractivity contribution in [2.24, 2.45) is 0 Å². The summed E-state index contributed by atoms with van der Waals surface area (Å²) in [6.45, 7) is 6.19. The van der Waals surface area contributed by atoms with Crippen molar-refractivity contribution in [1.29, 1.82) is 0 Å². The van der Waals surface area contributed by atoms with Crippen molar-refractivity contribution >= 4 is 17.2 Å². The molecule has 0 saturated heterocycles. The van der Waals surface area contributed by atoms with E-state index in [1.165, 1.54) is 12.1 Å². The summed E-state index contributed by atoms with van der Waals surface area (Å²) >= 11 is 0. The molecule has 0 radical (unpaired) electrons. The van der Waals surface area contributed by atoms with Gasteiger partial charge in [-0.3, -0.25) is 4.40 Å². The molecular formula is C22H20FN3. The third kappa shape index (κ3) is 2.73. The highest BCUT2D eigenvalue weighted by atomic mass is 19.1. The van der Waals surface area contributed by atoms with Crippen LogP contribution in [0.2, 0.25) is 0 Å². The Balaban J connectivity index is 1.98. The second-order valence-electron chi connectivity index (χ2n) is 6.57. The second-order valence-corrected chi connectivity index (χ2v) is 6.57. The molecule has 0 spiro atoms. The lowest BCUT2D eigenvalue weighted by Gasteiger charge is -2.15. The van der Waals surface area contributed by atoms with Gasteiger partial charge in [-0.05, 0) is 56.2 Å². The van der Waals surface area contributed by atoms with Gasteiger partial charge < -0.3 is 5.32 Å². The largest absolute Gasteiger partial charge is 0.339 e. The number of nitrogens with zero attached hydrogens (tertiary/aromatic N) is 2. The third-order valence-corrected chi connectivity index (χ3v) is 4.66. The average Bonchev–Trinajstić information content (AvgIpc) is 2.98. The summed E-state index contributed by atoms with van der Waals surface area (Å²) in [7, 11) is 0. The first-order chi connectivity index (χ1) is 12.5. The van der Waals surface area contributed by atoms with Crippen LogP contribution in [0.3, 0.4) is 0 Å². The van der Waals surface area contributed by atoms with Crippen LogP contribution in [0.1, 0.15) is 16.8 Å². The lowest BCUT2D eigenvalue weighted by atomic mass is 10.1. The van der Waals surface area contributed by atoms with Crippen LogP contribution in [0.15, 0.2) is 60.7 Å². The zero-order valence-electron chi connectivity index (χ0n) is 15.0. The number of nitrogens with one attached hydrogen (secondary N) is 1. The molecule has 0 fully saturated rings. The van der Waals surface area contributed by atoms with Gasteiger partial charge in [-0.25, -0.2) is 9.37 Å². The maximum atomic E-state index is 13.8. The van der Waals surface area contributed by atoms with Crippen molar-refractivity contribution < 1.29 is 4.39 Å². The first-order valence-corrected chi connectivity index (χ1v) is 8.62. The minimum Gasteiger partial charge on any atom is -0.339 e. The second kappa shape index (κ2) is 6.30. The standard InChI is InChI=1S/C22H20FN3/c1-14-7-4-8-15(2)20(14)25-22-21(17-10-6-11-18(23)13-17)24-19-12-5-9-16(3)26(19)22/h4-13,25H,1-3H3. The monoisotopic (exact) mass is 345 g/mol. The molecule has 26 heavy (non-hydrogen) atoms. The molecule has 4 rings (SSSR count).